The highest BCUT2D eigenvalue weighted by atomic mass is 19.1. The maximum atomic E-state index is 13.5. The molecule has 3 N–H and O–H groups in total. The largest absolute Gasteiger partial charge is 0.386 e. The van der Waals surface area contributed by atoms with Crippen LogP contribution in [0, 0.1) is 17.6 Å². The second-order valence-corrected chi connectivity index (χ2v) is 5.74. The van der Waals surface area contributed by atoms with Crippen molar-refractivity contribution in [3.63, 3.8) is 0 Å². The van der Waals surface area contributed by atoms with Crippen LogP contribution in [0.15, 0.2) is 24.3 Å². The smallest absolute Gasteiger partial charge is 0.271 e. The van der Waals surface area contributed by atoms with Gasteiger partial charge in [-0.3, -0.25) is 9.89 Å². The number of carbonyl (C=O) groups is 1. The lowest BCUT2D eigenvalue weighted by Gasteiger charge is -2.13. The second kappa shape index (κ2) is 7.32. The molecular formula is C16H19F2N3O2. The monoisotopic (exact) mass is 323 g/mol. The standard InChI is InChI=1S/C16H19F2N3O2/c1-9(2)6-10-7-13(21-20-10)16(23)19-8-14(22)15-11(17)4-3-5-12(15)18/h3-5,7,9,14,22H,6,8H2,1-2H3,(H,19,23)(H,20,21). The van der Waals surface area contributed by atoms with Crippen LogP contribution in [-0.2, 0) is 6.42 Å². The number of aromatic amines is 1. The molecule has 0 saturated carbocycles. The zero-order chi connectivity index (χ0) is 17.0. The van der Waals surface area contributed by atoms with Gasteiger partial charge in [0.15, 0.2) is 0 Å². The molecule has 5 nitrogen and oxygen atoms in total. The number of halogens is 2. The average Bonchev–Trinajstić information content (AvgIpc) is 2.92. The van der Waals surface area contributed by atoms with Gasteiger partial charge in [0.1, 0.15) is 23.4 Å². The van der Waals surface area contributed by atoms with E-state index < -0.39 is 29.2 Å². The van der Waals surface area contributed by atoms with Gasteiger partial charge >= 0.3 is 0 Å². The summed E-state index contributed by atoms with van der Waals surface area (Å²) in [6.07, 6.45) is -0.724. The number of benzene rings is 1. The Morgan fingerprint density at radius 1 is 1.35 bits per heavy atom. The van der Waals surface area contributed by atoms with E-state index in [1.54, 1.807) is 6.07 Å². The zero-order valence-electron chi connectivity index (χ0n) is 12.9. The van der Waals surface area contributed by atoms with E-state index >= 15 is 0 Å². The van der Waals surface area contributed by atoms with Gasteiger partial charge in [0.2, 0.25) is 0 Å². The lowest BCUT2D eigenvalue weighted by atomic mass is 10.1. The van der Waals surface area contributed by atoms with E-state index in [1.165, 1.54) is 6.07 Å². The third-order valence-electron chi connectivity index (χ3n) is 3.28. The molecule has 0 bridgehead atoms. The minimum Gasteiger partial charge on any atom is -0.386 e. The predicted octanol–water partition coefficient (Wildman–Crippen LogP) is 2.35. The molecule has 0 aliphatic rings. The first-order chi connectivity index (χ1) is 10.9. The first kappa shape index (κ1) is 17.1. The van der Waals surface area contributed by atoms with E-state index in [4.69, 9.17) is 0 Å². The van der Waals surface area contributed by atoms with E-state index in [0.29, 0.717) is 5.92 Å². The molecule has 0 spiro atoms. The van der Waals surface area contributed by atoms with E-state index in [9.17, 15) is 18.7 Å². The van der Waals surface area contributed by atoms with Gasteiger partial charge in [-0.05, 0) is 30.5 Å². The number of aromatic nitrogens is 2. The van der Waals surface area contributed by atoms with Crippen molar-refractivity contribution < 1.29 is 18.7 Å². The highest BCUT2D eigenvalue weighted by molar-refractivity contribution is 5.92. The Hall–Kier alpha value is -2.28. The molecule has 1 atom stereocenters. The Morgan fingerprint density at radius 2 is 2.00 bits per heavy atom. The van der Waals surface area contributed by atoms with Crippen molar-refractivity contribution in [1.29, 1.82) is 0 Å². The number of aliphatic hydroxyl groups is 1. The molecule has 7 heteroatoms. The molecule has 0 aliphatic heterocycles. The summed E-state index contributed by atoms with van der Waals surface area (Å²) in [5, 5.41) is 18.9. The summed E-state index contributed by atoms with van der Waals surface area (Å²) in [5.74, 6) is -1.82. The van der Waals surface area contributed by atoms with E-state index in [2.05, 4.69) is 15.5 Å². The molecule has 2 aromatic rings. The number of hydrogen-bond acceptors (Lipinski definition) is 3. The number of H-pyrrole nitrogens is 1. The Morgan fingerprint density at radius 3 is 2.61 bits per heavy atom. The zero-order valence-corrected chi connectivity index (χ0v) is 12.9. The van der Waals surface area contributed by atoms with Gasteiger partial charge in [0.05, 0.1) is 5.56 Å². The van der Waals surface area contributed by atoms with Crippen molar-refractivity contribution in [2.75, 3.05) is 6.54 Å². The third kappa shape index (κ3) is 4.35. The first-order valence-corrected chi connectivity index (χ1v) is 7.33. The number of carbonyl (C=O) groups excluding carboxylic acids is 1. The molecule has 1 heterocycles. The van der Waals surface area contributed by atoms with Crippen molar-refractivity contribution >= 4 is 5.91 Å². The van der Waals surface area contributed by atoms with Gasteiger partial charge in [-0.15, -0.1) is 0 Å². The number of aliphatic hydroxyl groups excluding tert-OH is 1. The van der Waals surface area contributed by atoms with Gasteiger partial charge < -0.3 is 10.4 Å². The van der Waals surface area contributed by atoms with Crippen LogP contribution in [0.2, 0.25) is 0 Å². The van der Waals surface area contributed by atoms with Gasteiger partial charge in [-0.2, -0.15) is 5.10 Å². The number of nitrogens with zero attached hydrogens (tertiary/aromatic N) is 1. The van der Waals surface area contributed by atoms with E-state index in [-0.39, 0.29) is 12.2 Å². The molecule has 23 heavy (non-hydrogen) atoms. The van der Waals surface area contributed by atoms with Gasteiger partial charge in [-0.25, -0.2) is 8.78 Å². The summed E-state index contributed by atoms with van der Waals surface area (Å²) in [7, 11) is 0. The summed E-state index contributed by atoms with van der Waals surface area (Å²) in [5.41, 5.74) is 0.531. The molecular weight excluding hydrogens is 304 g/mol. The maximum Gasteiger partial charge on any atom is 0.271 e. The van der Waals surface area contributed by atoms with Crippen LogP contribution in [0.4, 0.5) is 8.78 Å². The van der Waals surface area contributed by atoms with Gasteiger partial charge in [0.25, 0.3) is 5.91 Å². The van der Waals surface area contributed by atoms with Crippen LogP contribution in [-0.4, -0.2) is 27.8 Å². The molecule has 0 fully saturated rings. The van der Waals surface area contributed by atoms with Crippen LogP contribution >= 0.6 is 0 Å². The molecule has 124 valence electrons. The van der Waals surface area contributed by atoms with E-state index in [1.807, 2.05) is 13.8 Å². The summed E-state index contributed by atoms with van der Waals surface area (Å²) in [4.78, 5) is 12.0. The Kier molecular flexibility index (Phi) is 5.44. The molecule has 0 radical (unpaired) electrons. The summed E-state index contributed by atoms with van der Waals surface area (Å²) in [6, 6.07) is 4.93. The Balaban J connectivity index is 1.97. The quantitative estimate of drug-likeness (QED) is 0.763. The van der Waals surface area contributed by atoms with Gasteiger partial charge in [-0.1, -0.05) is 19.9 Å². The van der Waals surface area contributed by atoms with Crippen molar-refractivity contribution in [1.82, 2.24) is 15.5 Å². The van der Waals surface area contributed by atoms with Gasteiger partial charge in [0, 0.05) is 12.2 Å². The topological polar surface area (TPSA) is 78.0 Å². The Bertz CT molecular complexity index is 665. The number of nitrogens with one attached hydrogen (secondary N) is 2. The highest BCUT2D eigenvalue weighted by Crippen LogP contribution is 2.20. The van der Waals surface area contributed by atoms with Crippen molar-refractivity contribution in [2.45, 2.75) is 26.4 Å². The molecule has 2 rings (SSSR count). The molecule has 1 unspecified atom stereocenters. The minimum atomic E-state index is -1.48. The highest BCUT2D eigenvalue weighted by Gasteiger charge is 2.19. The van der Waals surface area contributed by atoms with Crippen molar-refractivity contribution in [2.24, 2.45) is 5.92 Å². The lowest BCUT2D eigenvalue weighted by Crippen LogP contribution is -2.29. The lowest BCUT2D eigenvalue weighted by molar-refractivity contribution is 0.0906. The van der Waals surface area contributed by atoms with Crippen LogP contribution in [0.25, 0.3) is 0 Å². The SMILES string of the molecule is CC(C)Cc1cc(C(=O)NCC(O)c2c(F)cccc2F)n[nH]1. The molecule has 1 amide bonds. The Labute approximate surface area is 132 Å². The normalized spacial score (nSPS) is 12.4. The maximum absolute atomic E-state index is 13.5. The summed E-state index contributed by atoms with van der Waals surface area (Å²) >= 11 is 0. The van der Waals surface area contributed by atoms with Crippen LogP contribution in [0.3, 0.4) is 0 Å². The fraction of sp³-hybridized carbons (Fsp3) is 0.375. The number of rotatable bonds is 6. The fourth-order valence-electron chi connectivity index (χ4n) is 2.23. The van der Waals surface area contributed by atoms with Crippen molar-refractivity contribution in [3.05, 3.63) is 52.9 Å². The van der Waals surface area contributed by atoms with Crippen LogP contribution < -0.4 is 5.32 Å². The number of hydrogen-bond donors (Lipinski definition) is 3. The van der Waals surface area contributed by atoms with Crippen LogP contribution in [0.1, 0.15) is 41.7 Å². The second-order valence-electron chi connectivity index (χ2n) is 5.74. The molecule has 1 aromatic carbocycles. The number of amides is 1. The third-order valence-corrected chi connectivity index (χ3v) is 3.28. The molecule has 0 aliphatic carbocycles. The molecule has 1 aromatic heterocycles. The van der Waals surface area contributed by atoms with Crippen LogP contribution in [0.5, 0.6) is 0 Å². The first-order valence-electron chi connectivity index (χ1n) is 7.33. The fourth-order valence-corrected chi connectivity index (χ4v) is 2.23. The van der Waals surface area contributed by atoms with E-state index in [0.717, 1.165) is 24.2 Å². The summed E-state index contributed by atoms with van der Waals surface area (Å²) in [6.45, 7) is 3.77. The summed E-state index contributed by atoms with van der Waals surface area (Å²) < 4.78 is 27.1. The molecule has 0 saturated heterocycles. The predicted molar refractivity (Wildman–Crippen MR) is 80.8 cm³/mol. The van der Waals surface area contributed by atoms with Crippen molar-refractivity contribution in [3.8, 4) is 0 Å². The minimum absolute atomic E-state index is 0.168. The average molecular weight is 323 g/mol.